The molecule has 0 saturated carbocycles. The highest BCUT2D eigenvalue weighted by Crippen LogP contribution is 2.42. The summed E-state index contributed by atoms with van der Waals surface area (Å²) < 4.78 is 14.7. The van der Waals surface area contributed by atoms with Gasteiger partial charge in [0.1, 0.15) is 17.5 Å². The van der Waals surface area contributed by atoms with Crippen LogP contribution in [0.1, 0.15) is 49.2 Å². The van der Waals surface area contributed by atoms with Gasteiger partial charge in [0, 0.05) is 20.9 Å². The third kappa shape index (κ3) is 6.47. The number of rotatable bonds is 10. The van der Waals surface area contributed by atoms with Crippen molar-refractivity contribution >= 4 is 60.6 Å². The van der Waals surface area contributed by atoms with E-state index in [1.807, 2.05) is 50.2 Å². The fourth-order valence-corrected chi connectivity index (χ4v) is 4.88. The van der Waals surface area contributed by atoms with E-state index in [0.29, 0.717) is 62.9 Å². The lowest BCUT2D eigenvalue weighted by atomic mass is 10.1. The van der Waals surface area contributed by atoms with Crippen LogP contribution in [0, 0.1) is 6.92 Å². The molecule has 0 unspecified atom stereocenters. The van der Waals surface area contributed by atoms with Crippen molar-refractivity contribution in [3.63, 3.8) is 0 Å². The van der Waals surface area contributed by atoms with E-state index in [1.165, 1.54) is 10.2 Å². The van der Waals surface area contributed by atoms with Crippen LogP contribution in [-0.2, 0) is 13.0 Å². The van der Waals surface area contributed by atoms with Crippen molar-refractivity contribution in [3.05, 3.63) is 95.4 Å². The minimum Gasteiger partial charge on any atom is -0.490 e. The first-order valence-corrected chi connectivity index (χ1v) is 14.4. The summed E-state index contributed by atoms with van der Waals surface area (Å²) in [6, 6.07) is 15.4. The largest absolute Gasteiger partial charge is 0.490 e. The Bertz CT molecular complexity index is 1540. The summed E-state index contributed by atoms with van der Waals surface area (Å²) in [7, 11) is 0. The fraction of sp³-hybridized carbons (Fsp3) is 0.276. The molecule has 0 fully saturated rings. The molecule has 3 aromatic carbocycles. The molecule has 0 aliphatic carbocycles. The Kier molecular flexibility index (Phi) is 9.63. The first-order valence-electron chi connectivity index (χ1n) is 12.4. The van der Waals surface area contributed by atoms with Crippen LogP contribution in [0.2, 0.25) is 5.02 Å². The summed E-state index contributed by atoms with van der Waals surface area (Å²) in [6.45, 7) is 6.81. The molecule has 38 heavy (non-hydrogen) atoms. The third-order valence-electron chi connectivity index (χ3n) is 5.90. The van der Waals surface area contributed by atoms with Gasteiger partial charge in [0.05, 0.1) is 23.7 Å². The lowest BCUT2D eigenvalue weighted by molar-refractivity contribution is 0.269. The summed E-state index contributed by atoms with van der Waals surface area (Å²) in [5.41, 5.74) is 3.26. The predicted molar refractivity (Wildman–Crippen MR) is 161 cm³/mol. The van der Waals surface area contributed by atoms with Gasteiger partial charge in [-0.1, -0.05) is 70.7 Å². The Morgan fingerprint density at radius 1 is 1.08 bits per heavy atom. The fourth-order valence-electron chi connectivity index (χ4n) is 3.87. The van der Waals surface area contributed by atoms with Crippen molar-refractivity contribution in [2.75, 3.05) is 6.61 Å². The number of hydrogen-bond acceptors (Lipinski definition) is 5. The zero-order chi connectivity index (χ0) is 27.2. The summed E-state index contributed by atoms with van der Waals surface area (Å²) in [5, 5.41) is 5.41. The lowest BCUT2D eigenvalue weighted by Gasteiger charge is -2.16. The van der Waals surface area contributed by atoms with E-state index in [2.05, 4.69) is 43.9 Å². The highest BCUT2D eigenvalue weighted by molar-refractivity contribution is 9.10. The minimum atomic E-state index is -0.232. The molecule has 9 heteroatoms. The van der Waals surface area contributed by atoms with Crippen LogP contribution < -0.4 is 15.0 Å². The summed E-state index contributed by atoms with van der Waals surface area (Å²) in [4.78, 5) is 18.1. The molecule has 0 bridgehead atoms. The maximum absolute atomic E-state index is 13.4. The maximum Gasteiger partial charge on any atom is 0.282 e. The number of ether oxygens (including phenoxy) is 2. The van der Waals surface area contributed by atoms with Crippen molar-refractivity contribution in [1.29, 1.82) is 0 Å². The Morgan fingerprint density at radius 3 is 2.55 bits per heavy atom. The monoisotopic (exact) mass is 659 g/mol. The van der Waals surface area contributed by atoms with Crippen molar-refractivity contribution in [3.8, 4) is 11.5 Å². The van der Waals surface area contributed by atoms with E-state index in [9.17, 15) is 4.79 Å². The van der Waals surface area contributed by atoms with Crippen LogP contribution in [0.5, 0.6) is 11.5 Å². The molecular formula is C29H28Br2ClN3O3. The van der Waals surface area contributed by atoms with Crippen LogP contribution in [0.4, 0.5) is 0 Å². The average molecular weight is 662 g/mol. The number of aromatic nitrogens is 2. The van der Waals surface area contributed by atoms with Crippen LogP contribution in [-0.4, -0.2) is 22.5 Å². The molecule has 0 amide bonds. The molecule has 0 spiro atoms. The quantitative estimate of drug-likeness (QED) is 0.161. The molecule has 4 aromatic rings. The second kappa shape index (κ2) is 12.9. The van der Waals surface area contributed by atoms with Crippen molar-refractivity contribution in [2.45, 2.75) is 46.6 Å². The van der Waals surface area contributed by atoms with Gasteiger partial charge in [-0.15, -0.1) is 0 Å². The first-order chi connectivity index (χ1) is 18.3. The van der Waals surface area contributed by atoms with E-state index in [4.69, 9.17) is 26.1 Å². The number of halogens is 3. The van der Waals surface area contributed by atoms with E-state index in [1.54, 1.807) is 18.3 Å². The topological polar surface area (TPSA) is 65.7 Å². The molecule has 1 aromatic heterocycles. The van der Waals surface area contributed by atoms with Crippen LogP contribution in [0.25, 0.3) is 10.9 Å². The van der Waals surface area contributed by atoms with Crippen molar-refractivity contribution < 1.29 is 9.47 Å². The molecule has 0 aliphatic heterocycles. The normalized spacial score (nSPS) is 11.4. The summed E-state index contributed by atoms with van der Waals surface area (Å²) >= 11 is 13.8. The maximum atomic E-state index is 13.4. The Hall–Kier alpha value is -2.68. The van der Waals surface area contributed by atoms with Gasteiger partial charge in [0.15, 0.2) is 11.5 Å². The summed E-state index contributed by atoms with van der Waals surface area (Å²) in [5.74, 6) is 1.54. The van der Waals surface area contributed by atoms with E-state index >= 15 is 0 Å². The van der Waals surface area contributed by atoms with Gasteiger partial charge >= 0.3 is 0 Å². The average Bonchev–Trinajstić information content (AvgIpc) is 2.91. The second-order valence-electron chi connectivity index (χ2n) is 8.78. The van der Waals surface area contributed by atoms with Crippen molar-refractivity contribution in [1.82, 2.24) is 9.66 Å². The molecule has 0 saturated heterocycles. The van der Waals surface area contributed by atoms with E-state index in [-0.39, 0.29) is 5.56 Å². The number of nitrogens with zero attached hydrogens (tertiary/aromatic N) is 3. The first kappa shape index (κ1) is 28.3. The zero-order valence-electron chi connectivity index (χ0n) is 21.4. The number of aryl methyl sites for hydroxylation is 2. The van der Waals surface area contributed by atoms with Crippen LogP contribution >= 0.6 is 43.5 Å². The van der Waals surface area contributed by atoms with E-state index < -0.39 is 0 Å². The molecule has 0 atom stereocenters. The Labute approximate surface area is 243 Å². The van der Waals surface area contributed by atoms with Gasteiger partial charge in [0.25, 0.3) is 5.56 Å². The van der Waals surface area contributed by atoms with Gasteiger partial charge in [0.2, 0.25) is 0 Å². The number of unbranched alkanes of at least 4 members (excludes halogenated alkanes) is 1. The highest BCUT2D eigenvalue weighted by Gasteiger charge is 2.18. The third-order valence-corrected chi connectivity index (χ3v) is 7.84. The van der Waals surface area contributed by atoms with Gasteiger partial charge in [-0.3, -0.25) is 4.79 Å². The molecule has 198 valence electrons. The van der Waals surface area contributed by atoms with E-state index in [0.717, 1.165) is 22.9 Å². The van der Waals surface area contributed by atoms with Gasteiger partial charge in [-0.2, -0.15) is 9.78 Å². The zero-order valence-corrected chi connectivity index (χ0v) is 25.4. The smallest absolute Gasteiger partial charge is 0.282 e. The SMILES string of the molecule is CCCCc1nc2ccc(Br)cc2c(=O)n1N=Cc1cc(OCC)c(OCc2ccc(C)cc2)c(Cl)c1Br. The predicted octanol–water partition coefficient (Wildman–Crippen LogP) is 8.09. The van der Waals surface area contributed by atoms with Crippen molar-refractivity contribution in [2.24, 2.45) is 5.10 Å². The number of benzene rings is 3. The molecule has 6 nitrogen and oxygen atoms in total. The standard InChI is InChI=1S/C29H28Br2ClN3O3/c1-4-6-7-25-34-23-13-12-21(30)15-22(23)29(36)35(25)33-16-20-14-24(37-5-2)28(27(32)26(20)31)38-17-19-10-8-18(3)9-11-19/h8-16H,4-7,17H2,1-3H3. The molecule has 0 radical (unpaired) electrons. The molecule has 0 aliphatic rings. The van der Waals surface area contributed by atoms with Gasteiger partial charge in [-0.25, -0.2) is 4.98 Å². The number of hydrogen-bond donors (Lipinski definition) is 0. The highest BCUT2D eigenvalue weighted by atomic mass is 79.9. The van der Waals surface area contributed by atoms with Gasteiger partial charge < -0.3 is 9.47 Å². The Balaban J connectivity index is 1.73. The Morgan fingerprint density at radius 2 is 1.84 bits per heavy atom. The molecular weight excluding hydrogens is 634 g/mol. The molecule has 1 heterocycles. The van der Waals surface area contributed by atoms with Crippen LogP contribution in [0.3, 0.4) is 0 Å². The molecule has 0 N–H and O–H groups in total. The minimum absolute atomic E-state index is 0.232. The second-order valence-corrected chi connectivity index (χ2v) is 10.9. The lowest BCUT2D eigenvalue weighted by Crippen LogP contribution is -2.22. The van der Waals surface area contributed by atoms with Gasteiger partial charge in [-0.05, 0) is 66.0 Å². The summed E-state index contributed by atoms with van der Waals surface area (Å²) in [6.07, 6.45) is 4.08. The molecule has 4 rings (SSSR count). The number of fused-ring (bicyclic) bond motifs is 1. The van der Waals surface area contributed by atoms with Crippen LogP contribution in [0.15, 0.2) is 67.4 Å².